The summed E-state index contributed by atoms with van der Waals surface area (Å²) in [6.07, 6.45) is -0.334. The molecule has 0 bridgehead atoms. The minimum Gasteiger partial charge on any atom is -0.446 e. The number of nitrogens with zero attached hydrogens (tertiary/aromatic N) is 2. The quantitative estimate of drug-likeness (QED) is 0.180. The lowest BCUT2D eigenvalue weighted by Crippen LogP contribution is -2.12. The molecule has 1 aliphatic rings. The number of rotatable bonds is 7. The summed E-state index contributed by atoms with van der Waals surface area (Å²) >= 11 is 0. The molecule has 256 valence electrons. The molecule has 1 unspecified atom stereocenters. The highest BCUT2D eigenvalue weighted by Crippen LogP contribution is 2.41. The third-order valence-corrected chi connectivity index (χ3v) is 10.4. The molecule has 1 atom stereocenters. The second kappa shape index (κ2) is 13.4. The van der Waals surface area contributed by atoms with Gasteiger partial charge in [-0.05, 0) is 87.0 Å². The van der Waals surface area contributed by atoms with Crippen LogP contribution in [0.3, 0.4) is 0 Å². The van der Waals surface area contributed by atoms with Crippen LogP contribution in [-0.4, -0.2) is 10.5 Å². The monoisotopic (exact) mass is 693 g/mol. The molecule has 4 nitrogen and oxygen atoms in total. The highest BCUT2D eigenvalue weighted by atomic mass is 16.5. The lowest BCUT2D eigenvalue weighted by atomic mass is 9.89. The summed E-state index contributed by atoms with van der Waals surface area (Å²) in [5, 5.41) is 6.92. The Hall–Kier alpha value is -7.17. The Labute approximate surface area is 314 Å². The van der Waals surface area contributed by atoms with Gasteiger partial charge in [0.2, 0.25) is 12.1 Å². The van der Waals surface area contributed by atoms with Crippen molar-refractivity contribution in [1.29, 1.82) is 0 Å². The minimum absolute atomic E-state index is 0.334. The van der Waals surface area contributed by atoms with Crippen molar-refractivity contribution in [2.24, 2.45) is 5.10 Å². The number of nitrogens with one attached hydrogen (secondary N) is 1. The van der Waals surface area contributed by atoms with Crippen LogP contribution in [0.1, 0.15) is 17.4 Å². The Balaban J connectivity index is 0.999. The van der Waals surface area contributed by atoms with Crippen LogP contribution in [-0.2, 0) is 4.74 Å². The average Bonchev–Trinajstić information content (AvgIpc) is 3.88. The molecule has 0 radical (unpaired) electrons. The molecule has 0 saturated heterocycles. The molecule has 4 heteroatoms. The van der Waals surface area contributed by atoms with Crippen molar-refractivity contribution in [3.63, 3.8) is 0 Å². The summed E-state index contributed by atoms with van der Waals surface area (Å²) in [5.74, 6) is 0.604. The van der Waals surface area contributed by atoms with Crippen LogP contribution >= 0.6 is 0 Å². The first-order valence-electron chi connectivity index (χ1n) is 18.3. The van der Waals surface area contributed by atoms with Crippen molar-refractivity contribution in [2.45, 2.75) is 6.23 Å². The van der Waals surface area contributed by atoms with Gasteiger partial charge in [-0.3, -0.25) is 5.43 Å². The first-order chi connectivity index (χ1) is 26.8. The van der Waals surface area contributed by atoms with Gasteiger partial charge in [-0.15, -0.1) is 5.10 Å². The molecule has 2 heterocycles. The average molecular weight is 694 g/mol. The van der Waals surface area contributed by atoms with E-state index in [2.05, 4.69) is 185 Å². The Morgan fingerprint density at radius 3 is 1.63 bits per heavy atom. The fourth-order valence-corrected chi connectivity index (χ4v) is 7.77. The second-order valence-corrected chi connectivity index (χ2v) is 13.6. The first-order valence-corrected chi connectivity index (χ1v) is 18.3. The minimum atomic E-state index is -0.334. The number of hydrogen-bond donors (Lipinski definition) is 1. The van der Waals surface area contributed by atoms with Gasteiger partial charge in [0.05, 0.1) is 11.0 Å². The van der Waals surface area contributed by atoms with Gasteiger partial charge < -0.3 is 9.30 Å². The Kier molecular flexibility index (Phi) is 7.85. The molecular formula is C50H35N3O. The van der Waals surface area contributed by atoms with E-state index in [-0.39, 0.29) is 6.23 Å². The summed E-state index contributed by atoms with van der Waals surface area (Å²) in [6.45, 7) is 0. The predicted molar refractivity (Wildman–Crippen MR) is 222 cm³/mol. The molecular weight excluding hydrogens is 659 g/mol. The summed E-state index contributed by atoms with van der Waals surface area (Å²) in [7, 11) is 0. The highest BCUT2D eigenvalue weighted by Gasteiger charge is 2.23. The van der Waals surface area contributed by atoms with Crippen molar-refractivity contribution in [3.05, 3.63) is 211 Å². The third kappa shape index (κ3) is 5.62. The van der Waals surface area contributed by atoms with Crippen LogP contribution in [0.25, 0.3) is 72.0 Å². The lowest BCUT2D eigenvalue weighted by Gasteiger charge is -2.16. The van der Waals surface area contributed by atoms with Gasteiger partial charge in [0.1, 0.15) is 0 Å². The van der Waals surface area contributed by atoms with Crippen molar-refractivity contribution >= 4 is 27.7 Å². The number of ether oxygens (including phenoxy) is 1. The number of benzene rings is 8. The lowest BCUT2D eigenvalue weighted by molar-refractivity contribution is 0.192. The van der Waals surface area contributed by atoms with Gasteiger partial charge in [-0.2, -0.15) is 0 Å². The van der Waals surface area contributed by atoms with Gasteiger partial charge in [0, 0.05) is 27.6 Å². The molecule has 0 aliphatic carbocycles. The maximum absolute atomic E-state index is 6.18. The van der Waals surface area contributed by atoms with Crippen LogP contribution in [0.2, 0.25) is 0 Å². The zero-order valence-electron chi connectivity index (χ0n) is 29.4. The molecule has 1 N–H and O–H groups in total. The number of aromatic nitrogens is 1. The summed E-state index contributed by atoms with van der Waals surface area (Å²) in [6, 6.07) is 71.1. The second-order valence-electron chi connectivity index (χ2n) is 13.6. The Morgan fingerprint density at radius 1 is 0.407 bits per heavy atom. The molecule has 10 rings (SSSR count). The standard InChI is InChI=1S/C50H35N3O/c1-3-13-34(14-4-1)35-27-30-40(31-28-35)53-47-22-12-11-21-45(47)46-33-39(29-32-48(46)53)42-18-8-10-20-44(42)43-19-9-7-17-41(43)36-23-25-38(26-24-36)50-52-51-49(54-50)37-15-5-2-6-16-37/h1-33,50,52H. The van der Waals surface area contributed by atoms with Crippen molar-refractivity contribution in [3.8, 4) is 50.2 Å². The van der Waals surface area contributed by atoms with E-state index in [1.807, 2.05) is 30.3 Å². The van der Waals surface area contributed by atoms with Gasteiger partial charge in [0.25, 0.3) is 0 Å². The zero-order valence-corrected chi connectivity index (χ0v) is 29.4. The van der Waals surface area contributed by atoms with Crippen LogP contribution < -0.4 is 5.43 Å². The van der Waals surface area contributed by atoms with Crippen LogP contribution in [0.5, 0.6) is 0 Å². The zero-order chi connectivity index (χ0) is 35.8. The number of hydrazone groups is 1. The Morgan fingerprint density at radius 2 is 0.926 bits per heavy atom. The fourth-order valence-electron chi connectivity index (χ4n) is 7.77. The normalized spacial score (nSPS) is 13.8. The summed E-state index contributed by atoms with van der Waals surface area (Å²) in [4.78, 5) is 0. The molecule has 0 fully saturated rings. The summed E-state index contributed by atoms with van der Waals surface area (Å²) < 4.78 is 8.56. The molecule has 0 amide bonds. The van der Waals surface area contributed by atoms with E-state index in [0.717, 1.165) is 22.4 Å². The van der Waals surface area contributed by atoms with Gasteiger partial charge in [-0.1, -0.05) is 158 Å². The smallest absolute Gasteiger partial charge is 0.240 e. The maximum atomic E-state index is 6.18. The van der Waals surface area contributed by atoms with Crippen molar-refractivity contribution < 1.29 is 4.74 Å². The van der Waals surface area contributed by atoms with Crippen LogP contribution in [0.15, 0.2) is 205 Å². The van der Waals surface area contributed by atoms with Crippen molar-refractivity contribution in [2.75, 3.05) is 0 Å². The number of para-hydroxylation sites is 1. The maximum Gasteiger partial charge on any atom is 0.240 e. The van der Waals surface area contributed by atoms with E-state index in [0.29, 0.717) is 5.90 Å². The van der Waals surface area contributed by atoms with E-state index < -0.39 is 0 Å². The number of fused-ring (bicyclic) bond motifs is 3. The molecule has 1 aliphatic heterocycles. The van der Waals surface area contributed by atoms with E-state index >= 15 is 0 Å². The highest BCUT2D eigenvalue weighted by molar-refractivity contribution is 6.11. The topological polar surface area (TPSA) is 38.5 Å². The number of hydrogen-bond acceptors (Lipinski definition) is 3. The first kappa shape index (κ1) is 31.6. The van der Waals surface area contributed by atoms with E-state index in [1.165, 1.54) is 60.8 Å². The largest absolute Gasteiger partial charge is 0.446 e. The fraction of sp³-hybridized carbons (Fsp3) is 0.0200. The molecule has 54 heavy (non-hydrogen) atoms. The van der Waals surface area contributed by atoms with Gasteiger partial charge in [-0.25, -0.2) is 0 Å². The molecule has 0 spiro atoms. The molecule has 8 aromatic carbocycles. The van der Waals surface area contributed by atoms with Crippen LogP contribution in [0.4, 0.5) is 0 Å². The molecule has 0 saturated carbocycles. The van der Waals surface area contributed by atoms with Crippen LogP contribution in [0, 0.1) is 0 Å². The summed E-state index contributed by atoms with van der Waals surface area (Å²) in [5.41, 5.74) is 18.2. The predicted octanol–water partition coefficient (Wildman–Crippen LogP) is 12.4. The van der Waals surface area contributed by atoms with E-state index in [9.17, 15) is 0 Å². The Bertz CT molecular complexity index is 2800. The molecule has 9 aromatic rings. The van der Waals surface area contributed by atoms with Crippen molar-refractivity contribution in [1.82, 2.24) is 9.99 Å². The SMILES string of the molecule is c1ccc(C2=NNC(c3ccc(-c4ccccc4-c4ccccc4-c4ccc5c(c4)c4ccccc4n5-c4ccc(-c5ccccc5)cc4)cc3)O2)cc1. The third-order valence-electron chi connectivity index (χ3n) is 10.4. The van der Waals surface area contributed by atoms with Gasteiger partial charge >= 0.3 is 0 Å². The van der Waals surface area contributed by atoms with Gasteiger partial charge in [0.15, 0.2) is 0 Å². The molecule has 1 aromatic heterocycles. The van der Waals surface area contributed by atoms with E-state index in [1.54, 1.807) is 0 Å². The van der Waals surface area contributed by atoms with E-state index in [4.69, 9.17) is 4.74 Å².